The molecule has 1 atom stereocenters. The number of nitrogens with two attached hydrogens (primary N) is 1. The summed E-state index contributed by atoms with van der Waals surface area (Å²) in [4.78, 5) is 2.16. The van der Waals surface area contributed by atoms with E-state index in [-0.39, 0.29) is 6.04 Å². The number of fused-ring (bicyclic) bond motifs is 1. The van der Waals surface area contributed by atoms with Crippen LogP contribution in [0.3, 0.4) is 0 Å². The highest BCUT2D eigenvalue weighted by Gasteiger charge is 2.21. The van der Waals surface area contributed by atoms with E-state index >= 15 is 0 Å². The average Bonchev–Trinajstić information content (AvgIpc) is 2.48. The third-order valence-electron chi connectivity index (χ3n) is 2.77. The Hall–Kier alpha value is -1.02. The monoisotopic (exact) mass is 176 g/mol. The first-order chi connectivity index (χ1) is 6.20. The number of benzene rings is 1. The molecule has 0 saturated carbocycles. The summed E-state index contributed by atoms with van der Waals surface area (Å²) in [7, 11) is 4.17. The first-order valence-corrected chi connectivity index (χ1v) is 4.75. The molecule has 2 N–H and O–H groups in total. The Morgan fingerprint density at radius 1 is 1.38 bits per heavy atom. The minimum atomic E-state index is 0.259. The van der Waals surface area contributed by atoms with Crippen LogP contribution in [0.1, 0.15) is 23.6 Å². The molecule has 0 fully saturated rings. The predicted octanol–water partition coefficient (Wildman–Crippen LogP) is 1.70. The van der Waals surface area contributed by atoms with E-state index in [1.54, 1.807) is 0 Å². The maximum Gasteiger partial charge on any atom is 0.0396 e. The molecule has 1 aliphatic rings. The number of rotatable bonds is 1. The average molecular weight is 176 g/mol. The van der Waals surface area contributed by atoms with Crippen LogP contribution in [0.25, 0.3) is 0 Å². The van der Waals surface area contributed by atoms with E-state index in [4.69, 9.17) is 5.73 Å². The van der Waals surface area contributed by atoms with Gasteiger partial charge in [-0.05, 0) is 30.0 Å². The molecule has 0 amide bonds. The fourth-order valence-electron chi connectivity index (χ4n) is 2.09. The van der Waals surface area contributed by atoms with Crippen LogP contribution in [0.2, 0.25) is 0 Å². The molecule has 2 nitrogen and oxygen atoms in total. The van der Waals surface area contributed by atoms with Crippen molar-refractivity contribution >= 4 is 5.69 Å². The van der Waals surface area contributed by atoms with E-state index in [9.17, 15) is 0 Å². The summed E-state index contributed by atoms with van der Waals surface area (Å²) in [6.45, 7) is 0. The second kappa shape index (κ2) is 3.04. The van der Waals surface area contributed by atoms with Crippen LogP contribution in [-0.2, 0) is 6.42 Å². The summed E-state index contributed by atoms with van der Waals surface area (Å²) < 4.78 is 0. The second-order valence-electron chi connectivity index (χ2n) is 3.88. The van der Waals surface area contributed by atoms with Crippen LogP contribution in [0.15, 0.2) is 18.2 Å². The van der Waals surface area contributed by atoms with Crippen LogP contribution in [0, 0.1) is 0 Å². The Morgan fingerprint density at radius 2 is 2.15 bits per heavy atom. The highest BCUT2D eigenvalue weighted by Crippen LogP contribution is 2.34. The van der Waals surface area contributed by atoms with Crippen LogP contribution in [-0.4, -0.2) is 14.1 Å². The Labute approximate surface area is 79.4 Å². The van der Waals surface area contributed by atoms with Gasteiger partial charge in [0.05, 0.1) is 0 Å². The molecule has 0 unspecified atom stereocenters. The molecule has 0 saturated heterocycles. The van der Waals surface area contributed by atoms with Crippen molar-refractivity contribution < 1.29 is 0 Å². The molecule has 70 valence electrons. The summed E-state index contributed by atoms with van der Waals surface area (Å²) >= 11 is 0. The first-order valence-electron chi connectivity index (χ1n) is 4.75. The lowest BCUT2D eigenvalue weighted by Crippen LogP contribution is -2.11. The van der Waals surface area contributed by atoms with Crippen molar-refractivity contribution in [2.75, 3.05) is 19.0 Å². The zero-order valence-corrected chi connectivity index (χ0v) is 8.25. The zero-order valence-electron chi connectivity index (χ0n) is 8.25. The van der Waals surface area contributed by atoms with Crippen molar-refractivity contribution in [3.8, 4) is 0 Å². The molecule has 0 spiro atoms. The van der Waals surface area contributed by atoms with Gasteiger partial charge in [-0.25, -0.2) is 0 Å². The maximum absolute atomic E-state index is 6.00. The predicted molar refractivity (Wildman–Crippen MR) is 56.0 cm³/mol. The largest absolute Gasteiger partial charge is 0.377 e. The molecule has 0 radical (unpaired) electrons. The summed E-state index contributed by atoms with van der Waals surface area (Å²) in [6, 6.07) is 6.67. The smallest absolute Gasteiger partial charge is 0.0396 e. The molecular formula is C11H16N2. The molecule has 1 aromatic rings. The number of hydrogen-bond acceptors (Lipinski definition) is 2. The quantitative estimate of drug-likeness (QED) is 0.705. The summed E-state index contributed by atoms with van der Waals surface area (Å²) in [5.74, 6) is 0. The van der Waals surface area contributed by atoms with E-state index in [2.05, 4.69) is 37.2 Å². The molecule has 0 aromatic heterocycles. The van der Waals surface area contributed by atoms with E-state index in [1.165, 1.54) is 16.8 Å². The van der Waals surface area contributed by atoms with Gasteiger partial charge in [-0.2, -0.15) is 0 Å². The summed E-state index contributed by atoms with van der Waals surface area (Å²) in [5, 5.41) is 0. The number of anilines is 1. The fraction of sp³-hybridized carbons (Fsp3) is 0.455. The second-order valence-corrected chi connectivity index (χ2v) is 3.88. The van der Waals surface area contributed by atoms with Crippen molar-refractivity contribution in [2.24, 2.45) is 5.73 Å². The molecule has 1 aromatic carbocycles. The zero-order chi connectivity index (χ0) is 9.42. The van der Waals surface area contributed by atoms with Crippen molar-refractivity contribution in [3.63, 3.8) is 0 Å². The van der Waals surface area contributed by atoms with Gasteiger partial charge in [-0.1, -0.05) is 12.1 Å². The van der Waals surface area contributed by atoms with Gasteiger partial charge in [-0.3, -0.25) is 0 Å². The Bertz CT molecular complexity index is 318. The van der Waals surface area contributed by atoms with Gasteiger partial charge in [0.25, 0.3) is 0 Å². The minimum Gasteiger partial charge on any atom is -0.377 e. The Balaban J connectivity index is 2.51. The van der Waals surface area contributed by atoms with Gasteiger partial charge in [0.1, 0.15) is 0 Å². The lowest BCUT2D eigenvalue weighted by molar-refractivity contribution is 0.713. The van der Waals surface area contributed by atoms with Gasteiger partial charge < -0.3 is 10.6 Å². The molecule has 2 rings (SSSR count). The third kappa shape index (κ3) is 1.31. The van der Waals surface area contributed by atoms with Crippen LogP contribution in [0.4, 0.5) is 5.69 Å². The van der Waals surface area contributed by atoms with E-state index < -0.39 is 0 Å². The van der Waals surface area contributed by atoms with Crippen LogP contribution < -0.4 is 10.6 Å². The van der Waals surface area contributed by atoms with E-state index in [0.29, 0.717) is 0 Å². The lowest BCUT2D eigenvalue weighted by atomic mass is 10.1. The van der Waals surface area contributed by atoms with Crippen molar-refractivity contribution in [1.82, 2.24) is 0 Å². The normalized spacial score (nSPS) is 20.1. The lowest BCUT2D eigenvalue weighted by Gasteiger charge is -2.17. The van der Waals surface area contributed by atoms with Crippen molar-refractivity contribution in [2.45, 2.75) is 18.9 Å². The molecular weight excluding hydrogens is 160 g/mol. The fourth-order valence-corrected chi connectivity index (χ4v) is 2.09. The summed E-state index contributed by atoms with van der Waals surface area (Å²) in [6.07, 6.45) is 2.23. The van der Waals surface area contributed by atoms with Crippen LogP contribution in [0.5, 0.6) is 0 Å². The molecule has 2 heteroatoms. The van der Waals surface area contributed by atoms with E-state index in [0.717, 1.165) is 12.8 Å². The minimum absolute atomic E-state index is 0.259. The van der Waals surface area contributed by atoms with Gasteiger partial charge in [0.15, 0.2) is 0 Å². The topological polar surface area (TPSA) is 29.3 Å². The van der Waals surface area contributed by atoms with Crippen molar-refractivity contribution in [1.29, 1.82) is 0 Å². The molecule has 0 bridgehead atoms. The van der Waals surface area contributed by atoms with Gasteiger partial charge in [0.2, 0.25) is 0 Å². The van der Waals surface area contributed by atoms with Crippen LogP contribution >= 0.6 is 0 Å². The molecule has 1 aliphatic carbocycles. The Morgan fingerprint density at radius 3 is 2.85 bits per heavy atom. The van der Waals surface area contributed by atoms with E-state index in [1.807, 2.05) is 0 Å². The standard InChI is InChI=1S/C11H16N2/c1-13(2)11-5-3-4-8-9(11)6-7-10(8)12/h3-5,10H,6-7,12H2,1-2H3/t10-/m0/s1. The Kier molecular flexibility index (Phi) is 2.00. The van der Waals surface area contributed by atoms with Crippen molar-refractivity contribution in [3.05, 3.63) is 29.3 Å². The summed E-state index contributed by atoms with van der Waals surface area (Å²) in [5.41, 5.74) is 10.1. The number of hydrogen-bond donors (Lipinski definition) is 1. The number of nitrogens with zero attached hydrogens (tertiary/aromatic N) is 1. The van der Waals surface area contributed by atoms with Gasteiger partial charge in [-0.15, -0.1) is 0 Å². The molecule has 0 heterocycles. The SMILES string of the molecule is CN(C)c1cccc2c1CC[C@@H]2N. The molecule has 13 heavy (non-hydrogen) atoms. The highest BCUT2D eigenvalue weighted by atomic mass is 15.1. The third-order valence-corrected chi connectivity index (χ3v) is 2.77. The van der Waals surface area contributed by atoms with Gasteiger partial charge >= 0.3 is 0 Å². The highest BCUT2D eigenvalue weighted by molar-refractivity contribution is 5.58. The first kappa shape index (κ1) is 8.57. The van der Waals surface area contributed by atoms with Gasteiger partial charge in [0, 0.05) is 25.8 Å². The maximum atomic E-state index is 6.00. The molecule has 0 aliphatic heterocycles.